The van der Waals surface area contributed by atoms with Crippen molar-refractivity contribution in [2.75, 3.05) is 0 Å². The lowest BCUT2D eigenvalue weighted by atomic mass is 9.83. The molecular formula is C50H30O. The molecule has 0 N–H and O–H groups in total. The highest BCUT2D eigenvalue weighted by atomic mass is 16.3. The summed E-state index contributed by atoms with van der Waals surface area (Å²) in [6, 6.07) is 66.4. The number of furan rings is 1. The van der Waals surface area contributed by atoms with Crippen LogP contribution in [-0.4, -0.2) is 0 Å². The first-order chi connectivity index (χ1) is 25.3. The van der Waals surface area contributed by atoms with Crippen LogP contribution in [0.3, 0.4) is 0 Å². The minimum Gasteiger partial charge on any atom is -0.456 e. The quantitative estimate of drug-likeness (QED) is 0.138. The van der Waals surface area contributed by atoms with Gasteiger partial charge in [-0.05, 0) is 118 Å². The maximum atomic E-state index is 6.47. The van der Waals surface area contributed by atoms with Crippen LogP contribution in [0.1, 0.15) is 0 Å². The average molecular weight is 647 g/mol. The van der Waals surface area contributed by atoms with Crippen LogP contribution in [0.15, 0.2) is 186 Å². The van der Waals surface area contributed by atoms with E-state index in [4.69, 9.17) is 4.42 Å². The predicted octanol–water partition coefficient (Wildman–Crippen LogP) is 14.4. The highest BCUT2D eigenvalue weighted by Crippen LogP contribution is 2.47. The Morgan fingerprint density at radius 2 is 0.824 bits per heavy atom. The number of rotatable bonds is 3. The molecule has 0 aliphatic carbocycles. The average Bonchev–Trinajstić information content (AvgIpc) is 3.56. The van der Waals surface area contributed by atoms with Gasteiger partial charge in [-0.25, -0.2) is 0 Å². The first kappa shape index (κ1) is 28.2. The maximum Gasteiger partial charge on any atom is 0.136 e. The Balaban J connectivity index is 1.19. The van der Waals surface area contributed by atoms with Gasteiger partial charge in [0.2, 0.25) is 0 Å². The van der Waals surface area contributed by atoms with Crippen LogP contribution in [0, 0.1) is 0 Å². The summed E-state index contributed by atoms with van der Waals surface area (Å²) in [5.41, 5.74) is 9.18. The zero-order chi connectivity index (χ0) is 33.5. The van der Waals surface area contributed by atoms with Gasteiger partial charge in [-0.2, -0.15) is 0 Å². The lowest BCUT2D eigenvalue weighted by Crippen LogP contribution is -1.92. The second-order valence-electron chi connectivity index (χ2n) is 13.6. The van der Waals surface area contributed by atoms with Gasteiger partial charge in [0, 0.05) is 10.8 Å². The molecule has 0 spiro atoms. The molecule has 0 radical (unpaired) electrons. The monoisotopic (exact) mass is 646 g/mol. The molecule has 0 aliphatic rings. The Bertz CT molecular complexity index is 3140. The van der Waals surface area contributed by atoms with Crippen LogP contribution in [-0.2, 0) is 0 Å². The fraction of sp³-hybridized carbons (Fsp3) is 0. The minimum absolute atomic E-state index is 0.908. The van der Waals surface area contributed by atoms with E-state index >= 15 is 0 Å². The Labute approximate surface area is 294 Å². The Kier molecular flexibility index (Phi) is 6.02. The number of hydrogen-bond donors (Lipinski definition) is 0. The first-order valence-corrected chi connectivity index (χ1v) is 17.6. The van der Waals surface area contributed by atoms with E-state index < -0.39 is 0 Å². The van der Waals surface area contributed by atoms with Gasteiger partial charge >= 0.3 is 0 Å². The van der Waals surface area contributed by atoms with Crippen molar-refractivity contribution in [3.05, 3.63) is 182 Å². The van der Waals surface area contributed by atoms with Crippen molar-refractivity contribution in [1.29, 1.82) is 0 Å². The van der Waals surface area contributed by atoms with Gasteiger partial charge in [0.25, 0.3) is 0 Å². The van der Waals surface area contributed by atoms with Gasteiger partial charge in [0.05, 0.1) is 0 Å². The molecule has 0 saturated carbocycles. The van der Waals surface area contributed by atoms with Gasteiger partial charge in [0.15, 0.2) is 0 Å². The molecule has 51 heavy (non-hydrogen) atoms. The molecule has 11 rings (SSSR count). The second-order valence-corrected chi connectivity index (χ2v) is 13.6. The molecule has 0 fully saturated rings. The number of hydrogen-bond acceptors (Lipinski definition) is 1. The lowest BCUT2D eigenvalue weighted by molar-refractivity contribution is 0.669. The number of benzene rings is 10. The fourth-order valence-corrected chi connectivity index (χ4v) is 8.59. The normalized spacial score (nSPS) is 11.9. The summed E-state index contributed by atoms with van der Waals surface area (Å²) in [4.78, 5) is 0. The topological polar surface area (TPSA) is 13.1 Å². The van der Waals surface area contributed by atoms with E-state index in [-0.39, 0.29) is 0 Å². The van der Waals surface area contributed by atoms with Crippen molar-refractivity contribution in [3.63, 3.8) is 0 Å². The molecule has 0 unspecified atom stereocenters. The van der Waals surface area contributed by atoms with E-state index in [1.807, 2.05) is 0 Å². The fourth-order valence-electron chi connectivity index (χ4n) is 8.59. The summed E-state index contributed by atoms with van der Waals surface area (Å²) < 4.78 is 6.47. The van der Waals surface area contributed by atoms with Crippen LogP contribution in [0.4, 0.5) is 0 Å². The third kappa shape index (κ3) is 4.22. The Morgan fingerprint density at radius 3 is 1.55 bits per heavy atom. The molecule has 0 aliphatic heterocycles. The molecule has 0 atom stereocenters. The van der Waals surface area contributed by atoms with Gasteiger partial charge in [-0.15, -0.1) is 0 Å². The van der Waals surface area contributed by atoms with Gasteiger partial charge < -0.3 is 4.42 Å². The molecule has 1 heterocycles. The van der Waals surface area contributed by atoms with E-state index in [9.17, 15) is 0 Å². The Morgan fingerprint density at radius 1 is 0.275 bits per heavy atom. The molecule has 236 valence electrons. The summed E-state index contributed by atoms with van der Waals surface area (Å²) in [7, 11) is 0. The van der Waals surface area contributed by atoms with Crippen molar-refractivity contribution in [1.82, 2.24) is 0 Å². The van der Waals surface area contributed by atoms with E-state index in [2.05, 4.69) is 182 Å². The van der Waals surface area contributed by atoms with Crippen LogP contribution in [0.2, 0.25) is 0 Å². The first-order valence-electron chi connectivity index (χ1n) is 17.6. The standard InChI is InChI=1S/C50H30O/c1-2-14-32-30-47-45(28-31(32)13-1)50-37(25-12-26-46(50)51-47)33-16-11-17-35(27-33)48-40-21-7-9-23-42(40)49(43-24-10-8-22-41(43)48)44-29-34-15-3-4-18-36(34)38-19-5-6-20-39(38)44/h1-30H. The summed E-state index contributed by atoms with van der Waals surface area (Å²) in [6.45, 7) is 0. The van der Waals surface area contributed by atoms with Crippen molar-refractivity contribution >= 4 is 75.8 Å². The highest BCUT2D eigenvalue weighted by molar-refractivity contribution is 6.26. The van der Waals surface area contributed by atoms with E-state index in [0.717, 1.165) is 21.9 Å². The van der Waals surface area contributed by atoms with Crippen LogP contribution < -0.4 is 0 Å². The van der Waals surface area contributed by atoms with Crippen molar-refractivity contribution in [2.24, 2.45) is 0 Å². The molecule has 1 heteroatoms. The summed E-state index contributed by atoms with van der Waals surface area (Å²) in [5.74, 6) is 0. The molecule has 11 aromatic rings. The summed E-state index contributed by atoms with van der Waals surface area (Å²) >= 11 is 0. The van der Waals surface area contributed by atoms with E-state index in [0.29, 0.717) is 0 Å². The highest BCUT2D eigenvalue weighted by Gasteiger charge is 2.20. The smallest absolute Gasteiger partial charge is 0.136 e. The predicted molar refractivity (Wildman–Crippen MR) is 218 cm³/mol. The molecule has 0 bridgehead atoms. The third-order valence-corrected chi connectivity index (χ3v) is 10.8. The molecule has 1 nitrogen and oxygen atoms in total. The molecule has 1 aromatic heterocycles. The zero-order valence-electron chi connectivity index (χ0n) is 27.7. The maximum absolute atomic E-state index is 6.47. The lowest BCUT2D eigenvalue weighted by Gasteiger charge is -2.20. The second kappa shape index (κ2) is 10.9. The summed E-state index contributed by atoms with van der Waals surface area (Å²) in [5, 5.41) is 14.8. The molecule has 0 saturated heterocycles. The van der Waals surface area contributed by atoms with E-state index in [1.165, 1.54) is 87.2 Å². The largest absolute Gasteiger partial charge is 0.456 e. The van der Waals surface area contributed by atoms with E-state index in [1.54, 1.807) is 0 Å². The minimum atomic E-state index is 0.908. The molecular weight excluding hydrogens is 617 g/mol. The van der Waals surface area contributed by atoms with Gasteiger partial charge in [-0.1, -0.05) is 152 Å². The van der Waals surface area contributed by atoms with Gasteiger partial charge in [0.1, 0.15) is 11.2 Å². The van der Waals surface area contributed by atoms with Crippen molar-refractivity contribution < 1.29 is 4.42 Å². The van der Waals surface area contributed by atoms with Crippen molar-refractivity contribution in [3.8, 4) is 33.4 Å². The molecule has 10 aromatic carbocycles. The number of fused-ring (bicyclic) bond motifs is 9. The zero-order valence-corrected chi connectivity index (χ0v) is 27.7. The summed E-state index contributed by atoms with van der Waals surface area (Å²) in [6.07, 6.45) is 0. The Hall–Kier alpha value is -6.70. The SMILES string of the molecule is c1cc(-c2c3ccccc3c(-c3cc4ccccc4c4ccccc34)c3ccccc23)cc(-c2cccc3oc4cc5ccccc5cc4c23)c1. The van der Waals surface area contributed by atoms with Crippen LogP contribution in [0.25, 0.3) is 109 Å². The molecule has 0 amide bonds. The van der Waals surface area contributed by atoms with Crippen LogP contribution >= 0.6 is 0 Å². The third-order valence-electron chi connectivity index (χ3n) is 10.8. The van der Waals surface area contributed by atoms with Crippen LogP contribution in [0.5, 0.6) is 0 Å². The van der Waals surface area contributed by atoms with Crippen molar-refractivity contribution in [2.45, 2.75) is 0 Å². The van der Waals surface area contributed by atoms with Gasteiger partial charge in [-0.3, -0.25) is 0 Å².